The molecule has 328 valence electrons. The summed E-state index contributed by atoms with van der Waals surface area (Å²) in [5.41, 5.74) is -0.477. The van der Waals surface area contributed by atoms with Gasteiger partial charge in [0.05, 0.1) is 38.6 Å². The molecule has 1 aromatic carbocycles. The molecule has 2 saturated heterocycles. The number of amides is 2. The Morgan fingerprint density at radius 3 is 2.44 bits per heavy atom. The second-order valence-electron chi connectivity index (χ2n) is 14.0. The van der Waals surface area contributed by atoms with E-state index in [4.69, 9.17) is 34.1 Å². The first kappa shape index (κ1) is 44.7. The topological polar surface area (TPSA) is 306 Å². The van der Waals surface area contributed by atoms with Gasteiger partial charge in [0, 0.05) is 17.4 Å². The molecule has 0 bridgehead atoms. The van der Waals surface area contributed by atoms with Gasteiger partial charge in [-0.05, 0) is 16.7 Å². The lowest BCUT2D eigenvalue weighted by Crippen LogP contribution is -2.34. The number of rotatable bonds is 18. The molecule has 0 aliphatic carbocycles. The predicted molar refractivity (Wildman–Crippen MR) is 209 cm³/mol. The zero-order valence-corrected chi connectivity index (χ0v) is 34.4. The Balaban J connectivity index is 1.10. The van der Waals surface area contributed by atoms with Crippen LogP contribution in [0.25, 0.3) is 27.2 Å². The summed E-state index contributed by atoms with van der Waals surface area (Å²) in [5.74, 6) is -2.69. The number of hydrogen-bond donors (Lipinski definition) is 5. The van der Waals surface area contributed by atoms with Gasteiger partial charge in [0.25, 0.3) is 11.5 Å². The van der Waals surface area contributed by atoms with E-state index < -0.39 is 109 Å². The molecular formula is C35H38FN11O13P2. The average molecular weight is 902 g/mol. The largest absolute Gasteiger partial charge is 0.566 e. The number of imidazole rings is 2. The van der Waals surface area contributed by atoms with E-state index in [1.165, 1.54) is 15.5 Å². The summed E-state index contributed by atoms with van der Waals surface area (Å²) in [5, 5.41) is 25.9. The monoisotopic (exact) mass is 901 g/mol. The van der Waals surface area contributed by atoms with E-state index in [1.54, 1.807) is 44.2 Å². The van der Waals surface area contributed by atoms with Gasteiger partial charge in [-0.2, -0.15) is 4.98 Å². The van der Waals surface area contributed by atoms with Crippen molar-refractivity contribution < 1.29 is 61.2 Å². The molecular weight excluding hydrogens is 863 g/mol. The van der Waals surface area contributed by atoms with Crippen molar-refractivity contribution in [2.75, 3.05) is 43.6 Å². The fourth-order valence-electron chi connectivity index (χ4n) is 6.63. The van der Waals surface area contributed by atoms with Crippen LogP contribution < -0.4 is 21.1 Å². The summed E-state index contributed by atoms with van der Waals surface area (Å²) < 4.78 is 65.8. The molecule has 2 fully saturated rings. The standard InChI is InChI=1S/C35H38FN11O13P2/c1-17(2)30(50)44-35-43-29-24(32(52)45-35)41-16-47(29)34-25(59-61(53)54)19(11-48)21(58-34)13-56-62(55-10-9-37-3)60-26-20(12-49)57-33(22(26)36)46-15-40-23-27(38-14-39-28(23)46)42-31(51)18-7-5-4-6-8-18/h4-8,14-17,19-22,25-26,33-34,48-49H,9-13H2,1-2H3,(H,38,39,42,51)(H2,43,44,45,50,52). The number of fused-ring (bicyclic) bond motifs is 2. The first-order chi connectivity index (χ1) is 29.9. The fourth-order valence-corrected chi connectivity index (χ4v) is 8.24. The Kier molecular flexibility index (Phi) is 14.3. The van der Waals surface area contributed by atoms with Crippen molar-refractivity contribution in [2.45, 2.75) is 56.9 Å². The number of hydrogen-bond acceptors (Lipinski definition) is 18. The van der Waals surface area contributed by atoms with Gasteiger partial charge in [0.15, 0.2) is 52.9 Å². The van der Waals surface area contributed by atoms with Gasteiger partial charge in [-0.25, -0.2) is 30.9 Å². The van der Waals surface area contributed by atoms with E-state index in [0.717, 1.165) is 12.7 Å². The van der Waals surface area contributed by atoms with E-state index >= 15 is 4.39 Å². The van der Waals surface area contributed by atoms with E-state index in [1.807, 2.05) is 0 Å². The Labute approximate surface area is 351 Å². The molecule has 10 atom stereocenters. The summed E-state index contributed by atoms with van der Waals surface area (Å²) in [6.45, 7) is 8.14. The zero-order valence-electron chi connectivity index (χ0n) is 32.6. The number of aliphatic hydroxyl groups is 2. The van der Waals surface area contributed by atoms with Crippen molar-refractivity contribution in [2.24, 2.45) is 11.8 Å². The Hall–Kier alpha value is -5.35. The number of aliphatic hydroxyl groups excluding tert-OH is 2. The van der Waals surface area contributed by atoms with Gasteiger partial charge in [-0.15, -0.1) is 4.52 Å². The van der Waals surface area contributed by atoms with Crippen molar-refractivity contribution in [1.82, 2.24) is 39.0 Å². The number of benzene rings is 1. The number of H-pyrrole nitrogens is 1. The Bertz CT molecular complexity index is 2510. The molecule has 5 aromatic rings. The molecule has 0 spiro atoms. The molecule has 24 nitrogen and oxygen atoms in total. The molecule has 62 heavy (non-hydrogen) atoms. The van der Waals surface area contributed by atoms with Crippen LogP contribution in [-0.4, -0.2) is 125 Å². The number of aromatic nitrogens is 8. The molecule has 0 saturated carbocycles. The van der Waals surface area contributed by atoms with Crippen molar-refractivity contribution in [3.05, 3.63) is 76.6 Å². The molecule has 6 heterocycles. The predicted octanol–water partition coefficient (Wildman–Crippen LogP) is 1.51. The molecule has 4 aromatic heterocycles. The fraction of sp³-hybridized carbons (Fsp3) is 0.457. The second-order valence-corrected chi connectivity index (χ2v) is 15.8. The molecule has 2 amide bonds. The number of alkyl halides is 1. The number of nitrogens with one attached hydrogen (secondary N) is 3. The molecule has 10 unspecified atom stereocenters. The summed E-state index contributed by atoms with van der Waals surface area (Å²) in [7, 11) is -6.12. The van der Waals surface area contributed by atoms with Crippen LogP contribution in [0.3, 0.4) is 0 Å². The number of anilines is 2. The van der Waals surface area contributed by atoms with Crippen LogP contribution >= 0.6 is 16.9 Å². The van der Waals surface area contributed by atoms with Crippen LogP contribution in [0.15, 0.2) is 54.1 Å². The van der Waals surface area contributed by atoms with Crippen LogP contribution in [-0.2, 0) is 36.9 Å². The molecule has 7 rings (SSSR count). The van der Waals surface area contributed by atoms with E-state index in [0.29, 0.717) is 5.56 Å². The zero-order chi connectivity index (χ0) is 44.1. The first-order valence-electron chi connectivity index (χ1n) is 18.8. The van der Waals surface area contributed by atoms with Gasteiger partial charge in [-0.1, -0.05) is 32.0 Å². The summed E-state index contributed by atoms with van der Waals surface area (Å²) >= 11 is 0. The highest BCUT2D eigenvalue weighted by atomic mass is 31.2. The molecule has 27 heteroatoms. The molecule has 2 aliphatic heterocycles. The van der Waals surface area contributed by atoms with Gasteiger partial charge >= 0.3 is 16.9 Å². The smallest absolute Gasteiger partial charge is 0.488 e. The minimum Gasteiger partial charge on any atom is -0.566 e. The van der Waals surface area contributed by atoms with Gasteiger partial charge in [-0.3, -0.25) is 33.8 Å². The van der Waals surface area contributed by atoms with Crippen LogP contribution in [0.1, 0.15) is 36.7 Å². The number of carbonyl (C=O) groups is 2. The highest BCUT2D eigenvalue weighted by molar-refractivity contribution is 7.41. The maximum absolute atomic E-state index is 16.5. The molecule has 2 aliphatic rings. The highest BCUT2D eigenvalue weighted by Gasteiger charge is 2.52. The third-order valence-electron chi connectivity index (χ3n) is 9.69. The number of ether oxygens (including phenoxy) is 2. The van der Waals surface area contributed by atoms with Crippen molar-refractivity contribution >= 4 is 62.8 Å². The van der Waals surface area contributed by atoms with Crippen molar-refractivity contribution in [3.8, 4) is 0 Å². The first-order valence-corrected chi connectivity index (χ1v) is 21.0. The van der Waals surface area contributed by atoms with E-state index in [-0.39, 0.29) is 47.2 Å². The highest BCUT2D eigenvalue weighted by Crippen LogP contribution is 2.48. The quantitative estimate of drug-likeness (QED) is 0.0473. The number of nitrogens with zero attached hydrogens (tertiary/aromatic N) is 8. The summed E-state index contributed by atoms with van der Waals surface area (Å²) in [4.78, 5) is 76.7. The normalized spacial score (nSPS) is 24.4. The summed E-state index contributed by atoms with van der Waals surface area (Å²) in [6.07, 6.45) is -6.82. The van der Waals surface area contributed by atoms with E-state index in [2.05, 4.69) is 45.4 Å². The van der Waals surface area contributed by atoms with Gasteiger partial charge in [0.2, 0.25) is 18.4 Å². The van der Waals surface area contributed by atoms with E-state index in [9.17, 15) is 34.1 Å². The third-order valence-corrected chi connectivity index (χ3v) is 11.3. The summed E-state index contributed by atoms with van der Waals surface area (Å²) in [6, 6.07) is 8.35. The molecule has 0 radical (unpaired) electrons. The van der Waals surface area contributed by atoms with Gasteiger partial charge in [0.1, 0.15) is 25.1 Å². The Morgan fingerprint density at radius 2 is 1.74 bits per heavy atom. The lowest BCUT2D eigenvalue weighted by molar-refractivity contribution is -0.193. The maximum atomic E-state index is 16.5. The van der Waals surface area contributed by atoms with Crippen molar-refractivity contribution in [3.63, 3.8) is 0 Å². The van der Waals surface area contributed by atoms with Crippen LogP contribution in [0, 0.1) is 18.4 Å². The second kappa shape index (κ2) is 19.8. The SMILES string of the molecule is [C-]#[N+]CCOP(OCC1OC(n2cnc3c(=O)[nH]c(NC(=O)C(C)C)nc32)C(O[P+](=O)[O-])C1CO)OC1C(CO)OC(n2cnc3c(NC(=O)c4ccccc4)ncnc32)C1F. The minimum atomic E-state index is -3.54. The molecule has 5 N–H and O–H groups in total. The average Bonchev–Trinajstić information content (AvgIpc) is 4.03. The number of aromatic amines is 1. The third kappa shape index (κ3) is 9.50. The number of halogens is 1. The van der Waals surface area contributed by atoms with Crippen molar-refractivity contribution in [1.29, 1.82) is 0 Å². The van der Waals surface area contributed by atoms with Gasteiger partial charge < -0.3 is 48.3 Å². The number of carbonyl (C=O) groups excluding carboxylic acids is 2. The van der Waals surface area contributed by atoms with Crippen LogP contribution in [0.4, 0.5) is 16.2 Å². The maximum Gasteiger partial charge on any atom is 0.488 e. The minimum absolute atomic E-state index is 0.0472. The lowest BCUT2D eigenvalue weighted by atomic mass is 9.99. The Morgan fingerprint density at radius 1 is 1.02 bits per heavy atom. The lowest BCUT2D eigenvalue weighted by Gasteiger charge is -2.25. The van der Waals surface area contributed by atoms with Crippen LogP contribution in [0.5, 0.6) is 0 Å². The van der Waals surface area contributed by atoms with Crippen LogP contribution in [0.2, 0.25) is 0 Å².